The van der Waals surface area contributed by atoms with Gasteiger partial charge in [-0.15, -0.1) is 0 Å². The Morgan fingerprint density at radius 3 is 2.94 bits per heavy atom. The maximum atomic E-state index is 4.17. The first kappa shape index (κ1) is 9.40. The number of nitrogens with zero attached hydrogens (tertiary/aromatic N) is 1. The van der Waals surface area contributed by atoms with Crippen LogP contribution in [-0.4, -0.2) is 4.98 Å². The lowest BCUT2D eigenvalue weighted by Gasteiger charge is -2.10. The Hall–Kier alpha value is -1.83. The SMILES string of the molecule is Cc1cccc2c1CC(c1cccnc1)N2. The lowest BCUT2D eigenvalue weighted by molar-refractivity contribution is 0.815. The Kier molecular flexibility index (Phi) is 2.13. The van der Waals surface area contributed by atoms with Crippen molar-refractivity contribution >= 4 is 5.69 Å². The second kappa shape index (κ2) is 3.63. The van der Waals surface area contributed by atoms with Crippen LogP contribution in [0.15, 0.2) is 42.7 Å². The number of hydrogen-bond acceptors (Lipinski definition) is 2. The number of aromatic nitrogens is 1. The molecule has 0 saturated carbocycles. The van der Waals surface area contributed by atoms with Gasteiger partial charge in [0.05, 0.1) is 6.04 Å². The van der Waals surface area contributed by atoms with E-state index in [0.717, 1.165) is 6.42 Å². The fraction of sp³-hybridized carbons (Fsp3) is 0.214. The van der Waals surface area contributed by atoms with Crippen molar-refractivity contribution in [2.24, 2.45) is 0 Å². The normalized spacial score (nSPS) is 17.9. The third kappa shape index (κ3) is 1.47. The van der Waals surface area contributed by atoms with Gasteiger partial charge in [0.2, 0.25) is 0 Å². The zero-order chi connectivity index (χ0) is 11.0. The molecule has 0 saturated heterocycles. The van der Waals surface area contributed by atoms with Crippen molar-refractivity contribution in [3.63, 3.8) is 0 Å². The first-order valence-electron chi connectivity index (χ1n) is 5.59. The largest absolute Gasteiger partial charge is 0.378 e. The zero-order valence-electron chi connectivity index (χ0n) is 9.27. The van der Waals surface area contributed by atoms with Crippen LogP contribution in [0.1, 0.15) is 22.7 Å². The molecule has 1 aromatic heterocycles. The fourth-order valence-electron chi connectivity index (χ4n) is 2.33. The number of anilines is 1. The molecule has 2 heterocycles. The van der Waals surface area contributed by atoms with E-state index in [9.17, 15) is 0 Å². The Bertz CT molecular complexity index is 505. The van der Waals surface area contributed by atoms with Crippen LogP contribution in [0.4, 0.5) is 5.69 Å². The molecule has 0 aliphatic carbocycles. The molecule has 80 valence electrons. The Morgan fingerprint density at radius 1 is 1.25 bits per heavy atom. The monoisotopic (exact) mass is 210 g/mol. The van der Waals surface area contributed by atoms with Crippen LogP contribution in [0, 0.1) is 6.92 Å². The van der Waals surface area contributed by atoms with Crippen molar-refractivity contribution in [1.82, 2.24) is 4.98 Å². The van der Waals surface area contributed by atoms with Crippen LogP contribution in [0.25, 0.3) is 0 Å². The summed E-state index contributed by atoms with van der Waals surface area (Å²) < 4.78 is 0. The van der Waals surface area contributed by atoms with E-state index >= 15 is 0 Å². The van der Waals surface area contributed by atoms with Crippen LogP contribution in [0.3, 0.4) is 0 Å². The van der Waals surface area contributed by atoms with Crippen LogP contribution in [0.5, 0.6) is 0 Å². The molecule has 1 atom stereocenters. The highest BCUT2D eigenvalue weighted by Gasteiger charge is 2.22. The van der Waals surface area contributed by atoms with Crippen molar-refractivity contribution in [3.05, 3.63) is 59.4 Å². The predicted octanol–water partition coefficient (Wildman–Crippen LogP) is 3.10. The van der Waals surface area contributed by atoms with Gasteiger partial charge in [-0.05, 0) is 42.2 Å². The standard InChI is InChI=1S/C14H14N2/c1-10-4-2-6-13-12(10)8-14(16-13)11-5-3-7-15-9-11/h2-7,9,14,16H,8H2,1H3. The molecule has 0 fully saturated rings. The van der Waals surface area contributed by atoms with Crippen LogP contribution >= 0.6 is 0 Å². The number of pyridine rings is 1. The number of hydrogen-bond donors (Lipinski definition) is 1. The van der Waals surface area contributed by atoms with E-state index in [0.29, 0.717) is 6.04 Å². The summed E-state index contributed by atoms with van der Waals surface area (Å²) in [6.45, 7) is 2.17. The predicted molar refractivity (Wildman–Crippen MR) is 65.5 cm³/mol. The minimum absolute atomic E-state index is 0.379. The molecule has 0 amide bonds. The Labute approximate surface area is 95.3 Å². The number of rotatable bonds is 1. The van der Waals surface area contributed by atoms with Gasteiger partial charge in [-0.25, -0.2) is 0 Å². The average molecular weight is 210 g/mol. The highest BCUT2D eigenvalue weighted by atomic mass is 15.0. The minimum atomic E-state index is 0.379. The van der Waals surface area contributed by atoms with Gasteiger partial charge in [0.15, 0.2) is 0 Å². The molecule has 1 N–H and O–H groups in total. The minimum Gasteiger partial charge on any atom is -0.378 e. The second-order valence-electron chi connectivity index (χ2n) is 4.29. The molecule has 16 heavy (non-hydrogen) atoms. The molecular weight excluding hydrogens is 196 g/mol. The summed E-state index contributed by atoms with van der Waals surface area (Å²) in [6.07, 6.45) is 4.82. The van der Waals surface area contributed by atoms with Crippen molar-refractivity contribution in [2.75, 3.05) is 5.32 Å². The van der Waals surface area contributed by atoms with Gasteiger partial charge in [-0.3, -0.25) is 4.98 Å². The number of fused-ring (bicyclic) bond motifs is 1. The first-order chi connectivity index (χ1) is 7.84. The maximum Gasteiger partial charge on any atom is 0.0570 e. The van der Waals surface area contributed by atoms with Crippen molar-refractivity contribution in [3.8, 4) is 0 Å². The summed E-state index contributed by atoms with van der Waals surface area (Å²) in [4.78, 5) is 4.17. The molecule has 1 unspecified atom stereocenters. The molecule has 2 nitrogen and oxygen atoms in total. The van der Waals surface area contributed by atoms with Gasteiger partial charge < -0.3 is 5.32 Å². The van der Waals surface area contributed by atoms with Crippen molar-refractivity contribution in [2.45, 2.75) is 19.4 Å². The molecule has 0 radical (unpaired) electrons. The summed E-state index contributed by atoms with van der Waals surface area (Å²) in [7, 11) is 0. The van der Waals surface area contributed by atoms with Gasteiger partial charge in [0, 0.05) is 18.1 Å². The lowest BCUT2D eigenvalue weighted by atomic mass is 10.0. The lowest BCUT2D eigenvalue weighted by Crippen LogP contribution is -2.05. The molecule has 2 aromatic rings. The fourth-order valence-corrected chi connectivity index (χ4v) is 2.33. The highest BCUT2D eigenvalue weighted by molar-refractivity contribution is 5.60. The van der Waals surface area contributed by atoms with E-state index in [1.807, 2.05) is 18.5 Å². The smallest absolute Gasteiger partial charge is 0.0570 e. The van der Waals surface area contributed by atoms with E-state index in [-0.39, 0.29) is 0 Å². The van der Waals surface area contributed by atoms with E-state index in [4.69, 9.17) is 0 Å². The molecule has 0 bridgehead atoms. The van der Waals surface area contributed by atoms with Crippen LogP contribution < -0.4 is 5.32 Å². The number of nitrogens with one attached hydrogen (secondary N) is 1. The highest BCUT2D eigenvalue weighted by Crippen LogP contribution is 2.35. The Morgan fingerprint density at radius 2 is 2.19 bits per heavy atom. The van der Waals surface area contributed by atoms with Gasteiger partial charge in [0.25, 0.3) is 0 Å². The maximum absolute atomic E-state index is 4.17. The summed E-state index contributed by atoms with van der Waals surface area (Å²) in [6, 6.07) is 10.9. The summed E-state index contributed by atoms with van der Waals surface area (Å²) in [5.41, 5.74) is 5.35. The number of aryl methyl sites for hydroxylation is 1. The Balaban J connectivity index is 1.94. The summed E-state index contributed by atoms with van der Waals surface area (Å²) in [5.74, 6) is 0. The third-order valence-corrected chi connectivity index (χ3v) is 3.24. The molecule has 0 spiro atoms. The van der Waals surface area contributed by atoms with E-state index < -0.39 is 0 Å². The molecule has 1 aromatic carbocycles. The van der Waals surface area contributed by atoms with Gasteiger partial charge in [0.1, 0.15) is 0 Å². The van der Waals surface area contributed by atoms with Crippen molar-refractivity contribution < 1.29 is 0 Å². The first-order valence-corrected chi connectivity index (χ1v) is 5.59. The van der Waals surface area contributed by atoms with Crippen LogP contribution in [-0.2, 0) is 6.42 Å². The topological polar surface area (TPSA) is 24.9 Å². The number of benzene rings is 1. The molecule has 1 aliphatic rings. The third-order valence-electron chi connectivity index (χ3n) is 3.24. The van der Waals surface area contributed by atoms with E-state index in [2.05, 4.69) is 41.5 Å². The molecule has 1 aliphatic heterocycles. The zero-order valence-corrected chi connectivity index (χ0v) is 9.27. The van der Waals surface area contributed by atoms with Crippen LogP contribution in [0.2, 0.25) is 0 Å². The summed E-state index contributed by atoms with van der Waals surface area (Å²) in [5, 5.41) is 3.55. The quantitative estimate of drug-likeness (QED) is 0.782. The van der Waals surface area contributed by atoms with Gasteiger partial charge in [-0.2, -0.15) is 0 Å². The van der Waals surface area contributed by atoms with E-state index in [1.54, 1.807) is 0 Å². The van der Waals surface area contributed by atoms with Gasteiger partial charge in [-0.1, -0.05) is 18.2 Å². The summed E-state index contributed by atoms with van der Waals surface area (Å²) >= 11 is 0. The van der Waals surface area contributed by atoms with Gasteiger partial charge >= 0.3 is 0 Å². The molecular formula is C14H14N2. The molecule has 3 rings (SSSR count). The average Bonchev–Trinajstić information content (AvgIpc) is 2.76. The second-order valence-corrected chi connectivity index (χ2v) is 4.29. The van der Waals surface area contributed by atoms with Crippen molar-refractivity contribution in [1.29, 1.82) is 0 Å². The van der Waals surface area contributed by atoms with E-state index in [1.165, 1.54) is 22.4 Å². The molecule has 2 heteroatoms.